The summed E-state index contributed by atoms with van der Waals surface area (Å²) in [4.78, 5) is 21.9. The molecule has 1 heterocycles. The predicted molar refractivity (Wildman–Crippen MR) is 134 cm³/mol. The summed E-state index contributed by atoms with van der Waals surface area (Å²) in [6.07, 6.45) is 0. The average Bonchev–Trinajstić information content (AvgIpc) is 3.16. The maximum Gasteiger partial charge on any atom is 0.266 e. The molecule has 168 valence electrons. The van der Waals surface area contributed by atoms with Crippen molar-refractivity contribution in [2.75, 3.05) is 37.7 Å². The van der Waals surface area contributed by atoms with Gasteiger partial charge in [-0.3, -0.25) is 9.69 Å². The van der Waals surface area contributed by atoms with Gasteiger partial charge in [-0.05, 0) is 49.8 Å². The van der Waals surface area contributed by atoms with E-state index in [2.05, 4.69) is 18.7 Å². The number of hydrogen-bond acceptors (Lipinski definition) is 5. The van der Waals surface area contributed by atoms with Crippen LogP contribution in [0.15, 0.2) is 36.4 Å². The number of aromatic nitrogens is 1. The lowest BCUT2D eigenvalue weighted by molar-refractivity contribution is -0.120. The Hall–Kier alpha value is -1.57. The van der Waals surface area contributed by atoms with Gasteiger partial charge in [-0.25, -0.2) is 4.98 Å². The Labute approximate surface area is 203 Å². The van der Waals surface area contributed by atoms with E-state index in [9.17, 15) is 4.79 Å². The van der Waals surface area contributed by atoms with Gasteiger partial charge < -0.3 is 9.64 Å². The van der Waals surface area contributed by atoms with Gasteiger partial charge in [0.15, 0.2) is 11.7 Å². The van der Waals surface area contributed by atoms with Crippen LogP contribution in [0.2, 0.25) is 10.0 Å². The lowest BCUT2D eigenvalue weighted by Crippen LogP contribution is -2.41. The molecule has 0 spiro atoms. The number of halogens is 3. The number of nitrogens with zero attached hydrogens (tertiary/aromatic N) is 3. The molecular formula is C22H26Cl3N3O2S. The van der Waals surface area contributed by atoms with Crippen molar-refractivity contribution < 1.29 is 9.53 Å². The van der Waals surface area contributed by atoms with E-state index in [0.717, 1.165) is 35.4 Å². The van der Waals surface area contributed by atoms with Crippen molar-refractivity contribution in [1.82, 2.24) is 9.88 Å². The van der Waals surface area contributed by atoms with E-state index in [1.54, 1.807) is 23.1 Å². The Morgan fingerprint density at radius 3 is 2.52 bits per heavy atom. The monoisotopic (exact) mass is 501 g/mol. The summed E-state index contributed by atoms with van der Waals surface area (Å²) in [6, 6.07) is 11.0. The highest BCUT2D eigenvalue weighted by Gasteiger charge is 2.22. The van der Waals surface area contributed by atoms with Gasteiger partial charge in [-0.1, -0.05) is 60.5 Å². The number of hydrogen-bond donors (Lipinski definition) is 0. The van der Waals surface area contributed by atoms with Crippen molar-refractivity contribution in [3.63, 3.8) is 0 Å². The Bertz CT molecular complexity index is 1020. The molecule has 0 aliphatic carbocycles. The molecule has 0 aliphatic rings. The number of amides is 1. The van der Waals surface area contributed by atoms with E-state index in [1.807, 2.05) is 25.1 Å². The molecule has 1 aromatic heterocycles. The second-order valence-electron chi connectivity index (χ2n) is 6.85. The zero-order valence-electron chi connectivity index (χ0n) is 17.7. The molecule has 0 atom stereocenters. The molecule has 9 heteroatoms. The highest BCUT2D eigenvalue weighted by Crippen LogP contribution is 2.31. The number of para-hydroxylation sites is 1. The number of benzene rings is 2. The van der Waals surface area contributed by atoms with Crippen LogP contribution in [0, 0.1) is 6.92 Å². The van der Waals surface area contributed by atoms with E-state index in [-0.39, 0.29) is 24.9 Å². The first-order chi connectivity index (χ1) is 14.4. The second kappa shape index (κ2) is 11.9. The molecule has 0 bridgehead atoms. The summed E-state index contributed by atoms with van der Waals surface area (Å²) in [6.45, 7) is 9.27. The molecule has 0 saturated heterocycles. The average molecular weight is 503 g/mol. The topological polar surface area (TPSA) is 45.7 Å². The van der Waals surface area contributed by atoms with Crippen molar-refractivity contribution in [3.8, 4) is 5.75 Å². The van der Waals surface area contributed by atoms with Gasteiger partial charge >= 0.3 is 0 Å². The second-order valence-corrected chi connectivity index (χ2v) is 8.71. The van der Waals surface area contributed by atoms with Crippen LogP contribution in [0.4, 0.5) is 5.13 Å². The Balaban J connectivity index is 0.00000341. The summed E-state index contributed by atoms with van der Waals surface area (Å²) >= 11 is 13.6. The van der Waals surface area contributed by atoms with Crippen molar-refractivity contribution in [2.45, 2.75) is 20.8 Å². The minimum atomic E-state index is -0.162. The van der Waals surface area contributed by atoms with E-state index in [1.165, 1.54) is 11.3 Å². The SMILES string of the molecule is CCN(CC)CCN(C(=O)COc1ccc(Cl)cc1Cl)c1nc2c(C)cccc2s1.Cl. The maximum atomic E-state index is 13.1. The van der Waals surface area contributed by atoms with Gasteiger partial charge in [0.1, 0.15) is 5.75 Å². The number of fused-ring (bicyclic) bond motifs is 1. The molecule has 0 N–H and O–H groups in total. The molecule has 3 rings (SSSR count). The minimum absolute atomic E-state index is 0. The van der Waals surface area contributed by atoms with E-state index in [4.69, 9.17) is 32.9 Å². The summed E-state index contributed by atoms with van der Waals surface area (Å²) in [5, 5.41) is 1.58. The lowest BCUT2D eigenvalue weighted by atomic mass is 10.2. The first-order valence-corrected chi connectivity index (χ1v) is 11.5. The van der Waals surface area contributed by atoms with Crippen LogP contribution in [0.3, 0.4) is 0 Å². The fourth-order valence-corrected chi connectivity index (χ4v) is 4.66. The van der Waals surface area contributed by atoms with Crippen molar-refractivity contribution >= 4 is 68.2 Å². The standard InChI is InChI=1S/C22H25Cl2N3O2S.ClH/c1-4-26(5-2)11-12-27(22-25-21-15(3)7-6-8-19(21)30-22)20(28)14-29-18-10-9-16(23)13-17(18)24;/h6-10,13H,4-5,11-12,14H2,1-3H3;1H. The van der Waals surface area contributed by atoms with E-state index < -0.39 is 0 Å². The normalized spacial score (nSPS) is 10.9. The smallest absolute Gasteiger partial charge is 0.266 e. The van der Waals surface area contributed by atoms with Crippen LogP contribution in [0.25, 0.3) is 10.2 Å². The van der Waals surface area contributed by atoms with Gasteiger partial charge in [0.2, 0.25) is 0 Å². The zero-order chi connectivity index (χ0) is 21.7. The fourth-order valence-electron chi connectivity index (χ4n) is 3.11. The van der Waals surface area contributed by atoms with Crippen LogP contribution in [0.5, 0.6) is 5.75 Å². The molecule has 5 nitrogen and oxygen atoms in total. The van der Waals surface area contributed by atoms with Crippen molar-refractivity contribution in [3.05, 3.63) is 52.0 Å². The van der Waals surface area contributed by atoms with Gasteiger partial charge in [0.25, 0.3) is 5.91 Å². The number of rotatable bonds is 9. The number of anilines is 1. The van der Waals surface area contributed by atoms with Gasteiger partial charge in [-0.2, -0.15) is 0 Å². The quantitative estimate of drug-likeness (QED) is 0.355. The molecule has 0 radical (unpaired) electrons. The van der Waals surface area contributed by atoms with E-state index >= 15 is 0 Å². The Morgan fingerprint density at radius 2 is 1.87 bits per heavy atom. The van der Waals surface area contributed by atoms with Gasteiger partial charge in [0.05, 0.1) is 15.2 Å². The highest BCUT2D eigenvalue weighted by atomic mass is 35.5. The van der Waals surface area contributed by atoms with Gasteiger partial charge in [-0.15, -0.1) is 12.4 Å². The molecule has 3 aromatic rings. The van der Waals surface area contributed by atoms with Crippen LogP contribution in [0.1, 0.15) is 19.4 Å². The third-order valence-electron chi connectivity index (χ3n) is 4.92. The molecule has 0 unspecified atom stereocenters. The predicted octanol–water partition coefficient (Wildman–Crippen LogP) is 6.09. The zero-order valence-corrected chi connectivity index (χ0v) is 20.9. The van der Waals surface area contributed by atoms with Crippen LogP contribution in [-0.2, 0) is 4.79 Å². The Kier molecular flexibility index (Phi) is 9.85. The fraction of sp³-hybridized carbons (Fsp3) is 0.364. The number of carbonyl (C=O) groups excluding carboxylic acids is 1. The number of aryl methyl sites for hydroxylation is 1. The lowest BCUT2D eigenvalue weighted by Gasteiger charge is -2.24. The maximum absolute atomic E-state index is 13.1. The van der Waals surface area contributed by atoms with Crippen LogP contribution < -0.4 is 9.64 Å². The number of likely N-dealkylation sites (N-methyl/N-ethyl adjacent to an activating group) is 1. The van der Waals surface area contributed by atoms with Crippen molar-refractivity contribution in [2.24, 2.45) is 0 Å². The van der Waals surface area contributed by atoms with Crippen LogP contribution in [-0.4, -0.2) is 48.6 Å². The van der Waals surface area contributed by atoms with Crippen LogP contribution >= 0.6 is 46.9 Å². The molecular weight excluding hydrogens is 477 g/mol. The number of carbonyl (C=O) groups is 1. The summed E-state index contributed by atoms with van der Waals surface area (Å²) < 4.78 is 6.76. The number of ether oxygens (including phenoxy) is 1. The summed E-state index contributed by atoms with van der Waals surface area (Å²) in [5.74, 6) is 0.267. The summed E-state index contributed by atoms with van der Waals surface area (Å²) in [5.41, 5.74) is 2.02. The molecule has 31 heavy (non-hydrogen) atoms. The number of thiazole rings is 1. The molecule has 0 saturated carbocycles. The van der Waals surface area contributed by atoms with Gasteiger partial charge in [0, 0.05) is 18.1 Å². The minimum Gasteiger partial charge on any atom is -0.482 e. The molecule has 1 amide bonds. The molecule has 0 fully saturated rings. The Morgan fingerprint density at radius 1 is 1.13 bits per heavy atom. The first kappa shape index (κ1) is 25.7. The first-order valence-electron chi connectivity index (χ1n) is 9.89. The third-order valence-corrected chi connectivity index (χ3v) is 6.49. The largest absolute Gasteiger partial charge is 0.482 e. The van der Waals surface area contributed by atoms with E-state index in [0.29, 0.717) is 27.5 Å². The highest BCUT2D eigenvalue weighted by molar-refractivity contribution is 7.22. The molecule has 0 aliphatic heterocycles. The third kappa shape index (κ3) is 6.46. The van der Waals surface area contributed by atoms with Crippen molar-refractivity contribution in [1.29, 1.82) is 0 Å². The molecule has 2 aromatic carbocycles. The summed E-state index contributed by atoms with van der Waals surface area (Å²) in [7, 11) is 0.